The molecule has 4 rings (SSSR count). The first-order chi connectivity index (χ1) is 13.9. The van der Waals surface area contributed by atoms with E-state index in [2.05, 4.69) is 15.2 Å². The molecule has 1 fully saturated rings. The molecule has 2 aromatic rings. The molecule has 0 radical (unpaired) electrons. The van der Waals surface area contributed by atoms with Crippen molar-refractivity contribution in [2.45, 2.75) is 39.2 Å². The highest BCUT2D eigenvalue weighted by Crippen LogP contribution is 2.41. The number of anilines is 1. The van der Waals surface area contributed by atoms with Gasteiger partial charge in [-0.1, -0.05) is 28.5 Å². The minimum Gasteiger partial charge on any atom is -0.340 e. The summed E-state index contributed by atoms with van der Waals surface area (Å²) in [6, 6.07) is 7.86. The summed E-state index contributed by atoms with van der Waals surface area (Å²) < 4.78 is 4.75. The summed E-state index contributed by atoms with van der Waals surface area (Å²) in [5.74, 6) is 0.159. The van der Waals surface area contributed by atoms with Crippen LogP contribution in [-0.4, -0.2) is 64.7 Å². The molecule has 154 valence electrons. The molecule has 1 aromatic carbocycles. The lowest BCUT2D eigenvalue weighted by molar-refractivity contribution is -0.132. The SMILES string of the molecule is Cc1nonc1CN1CCN(C(=O)CCN2C(=O)C(C)(C)c3ccccc32)CC1. The van der Waals surface area contributed by atoms with E-state index >= 15 is 0 Å². The molecule has 2 aliphatic rings. The van der Waals surface area contributed by atoms with Gasteiger partial charge in [-0.2, -0.15) is 0 Å². The summed E-state index contributed by atoms with van der Waals surface area (Å²) in [5.41, 5.74) is 3.07. The van der Waals surface area contributed by atoms with E-state index in [1.807, 2.05) is 49.9 Å². The van der Waals surface area contributed by atoms with Crippen molar-refractivity contribution in [1.82, 2.24) is 20.1 Å². The second kappa shape index (κ2) is 7.59. The topological polar surface area (TPSA) is 82.8 Å². The Labute approximate surface area is 170 Å². The quantitative estimate of drug-likeness (QED) is 0.764. The van der Waals surface area contributed by atoms with E-state index in [1.165, 1.54) is 0 Å². The van der Waals surface area contributed by atoms with E-state index < -0.39 is 5.41 Å². The molecule has 0 N–H and O–H groups in total. The van der Waals surface area contributed by atoms with E-state index in [-0.39, 0.29) is 11.8 Å². The van der Waals surface area contributed by atoms with Gasteiger partial charge in [0, 0.05) is 51.4 Å². The third-order valence-corrected chi connectivity index (χ3v) is 6.04. The van der Waals surface area contributed by atoms with Gasteiger partial charge in [0.25, 0.3) is 0 Å². The predicted molar refractivity (Wildman–Crippen MR) is 107 cm³/mol. The van der Waals surface area contributed by atoms with Crippen LogP contribution in [0.1, 0.15) is 37.2 Å². The van der Waals surface area contributed by atoms with Crippen molar-refractivity contribution in [3.05, 3.63) is 41.2 Å². The largest absolute Gasteiger partial charge is 0.340 e. The van der Waals surface area contributed by atoms with Gasteiger partial charge in [0.05, 0.1) is 5.41 Å². The number of carbonyl (C=O) groups excluding carboxylic acids is 2. The first-order valence-corrected chi connectivity index (χ1v) is 10.1. The van der Waals surface area contributed by atoms with E-state index in [4.69, 9.17) is 4.63 Å². The molecule has 8 heteroatoms. The van der Waals surface area contributed by atoms with Crippen molar-refractivity contribution in [2.75, 3.05) is 37.6 Å². The maximum atomic E-state index is 12.9. The number of hydrogen-bond acceptors (Lipinski definition) is 6. The van der Waals surface area contributed by atoms with Crippen LogP contribution in [0.15, 0.2) is 28.9 Å². The molecule has 0 spiro atoms. The Morgan fingerprint density at radius 3 is 2.55 bits per heavy atom. The van der Waals surface area contributed by atoms with E-state index in [1.54, 1.807) is 4.90 Å². The molecule has 29 heavy (non-hydrogen) atoms. The number of nitrogens with zero attached hydrogens (tertiary/aromatic N) is 5. The van der Waals surface area contributed by atoms with Crippen molar-refractivity contribution >= 4 is 17.5 Å². The van der Waals surface area contributed by atoms with Crippen LogP contribution >= 0.6 is 0 Å². The molecule has 2 aliphatic heterocycles. The molecule has 1 aromatic heterocycles. The molecular formula is C21H27N5O3. The fourth-order valence-corrected chi connectivity index (χ4v) is 4.15. The maximum absolute atomic E-state index is 12.9. The number of rotatable bonds is 5. The van der Waals surface area contributed by atoms with E-state index in [0.717, 1.165) is 35.7 Å². The number of aromatic nitrogens is 2. The van der Waals surface area contributed by atoms with Crippen LogP contribution in [0.5, 0.6) is 0 Å². The van der Waals surface area contributed by atoms with Crippen molar-refractivity contribution < 1.29 is 14.2 Å². The predicted octanol–water partition coefficient (Wildman–Crippen LogP) is 1.74. The van der Waals surface area contributed by atoms with Gasteiger partial charge in [-0.05, 0) is 32.4 Å². The van der Waals surface area contributed by atoms with Gasteiger partial charge in [0.2, 0.25) is 11.8 Å². The normalized spacial score (nSPS) is 18.9. The van der Waals surface area contributed by atoms with Crippen LogP contribution in [0.25, 0.3) is 0 Å². The third-order valence-electron chi connectivity index (χ3n) is 6.04. The van der Waals surface area contributed by atoms with Crippen LogP contribution < -0.4 is 4.90 Å². The van der Waals surface area contributed by atoms with Crippen LogP contribution in [0.3, 0.4) is 0 Å². The summed E-state index contributed by atoms with van der Waals surface area (Å²) >= 11 is 0. The molecule has 0 atom stereocenters. The Morgan fingerprint density at radius 2 is 1.86 bits per heavy atom. The Hall–Kier alpha value is -2.74. The number of amides is 2. The van der Waals surface area contributed by atoms with E-state index in [0.29, 0.717) is 32.6 Å². The molecule has 0 unspecified atom stereocenters. The van der Waals surface area contributed by atoms with Crippen molar-refractivity contribution in [2.24, 2.45) is 0 Å². The number of piperazine rings is 1. The van der Waals surface area contributed by atoms with Gasteiger partial charge in [-0.3, -0.25) is 14.5 Å². The van der Waals surface area contributed by atoms with Crippen LogP contribution in [-0.2, 0) is 21.5 Å². The average Bonchev–Trinajstić information content (AvgIpc) is 3.20. The number of carbonyl (C=O) groups is 2. The number of aryl methyl sites for hydroxylation is 1. The van der Waals surface area contributed by atoms with Crippen molar-refractivity contribution in [3.63, 3.8) is 0 Å². The zero-order valence-corrected chi connectivity index (χ0v) is 17.2. The minimum atomic E-state index is -0.542. The van der Waals surface area contributed by atoms with Crippen molar-refractivity contribution in [1.29, 1.82) is 0 Å². The fourth-order valence-electron chi connectivity index (χ4n) is 4.15. The van der Waals surface area contributed by atoms with Gasteiger partial charge in [0.1, 0.15) is 11.4 Å². The summed E-state index contributed by atoms with van der Waals surface area (Å²) in [7, 11) is 0. The second-order valence-corrected chi connectivity index (χ2v) is 8.30. The molecule has 0 aliphatic carbocycles. The van der Waals surface area contributed by atoms with E-state index in [9.17, 15) is 9.59 Å². The highest BCUT2D eigenvalue weighted by molar-refractivity contribution is 6.07. The summed E-state index contributed by atoms with van der Waals surface area (Å²) in [6.45, 7) is 9.81. The number of para-hydroxylation sites is 1. The van der Waals surface area contributed by atoms with Gasteiger partial charge in [-0.15, -0.1) is 0 Å². The van der Waals surface area contributed by atoms with Gasteiger partial charge in [-0.25, -0.2) is 4.63 Å². The van der Waals surface area contributed by atoms with Crippen LogP contribution in [0.2, 0.25) is 0 Å². The Bertz CT molecular complexity index is 915. The number of hydrogen-bond donors (Lipinski definition) is 0. The highest BCUT2D eigenvalue weighted by atomic mass is 16.6. The number of fused-ring (bicyclic) bond motifs is 1. The average molecular weight is 397 g/mol. The lowest BCUT2D eigenvalue weighted by Gasteiger charge is -2.34. The van der Waals surface area contributed by atoms with Crippen LogP contribution in [0.4, 0.5) is 5.69 Å². The van der Waals surface area contributed by atoms with Gasteiger partial charge in [0.15, 0.2) is 0 Å². The fraction of sp³-hybridized carbons (Fsp3) is 0.524. The lowest BCUT2D eigenvalue weighted by atomic mass is 9.86. The molecule has 1 saturated heterocycles. The third kappa shape index (κ3) is 3.64. The summed E-state index contributed by atoms with van der Waals surface area (Å²) in [5, 5.41) is 7.74. The second-order valence-electron chi connectivity index (χ2n) is 8.30. The molecular weight excluding hydrogens is 370 g/mol. The maximum Gasteiger partial charge on any atom is 0.237 e. The zero-order valence-electron chi connectivity index (χ0n) is 17.2. The first-order valence-electron chi connectivity index (χ1n) is 10.1. The standard InChI is InChI=1S/C21H27N5O3/c1-15-17(23-29-22-15)14-24-10-12-25(13-11-24)19(27)8-9-26-18-7-5-4-6-16(18)21(2,3)20(26)28/h4-7H,8-14H2,1-3H3. The monoisotopic (exact) mass is 397 g/mol. The minimum absolute atomic E-state index is 0.0629. The molecule has 0 bridgehead atoms. The molecule has 8 nitrogen and oxygen atoms in total. The van der Waals surface area contributed by atoms with Crippen molar-refractivity contribution in [3.8, 4) is 0 Å². The van der Waals surface area contributed by atoms with Crippen LogP contribution in [0, 0.1) is 6.92 Å². The Balaban J connectivity index is 1.31. The first kappa shape index (κ1) is 19.6. The molecule has 0 saturated carbocycles. The van der Waals surface area contributed by atoms with Gasteiger partial charge < -0.3 is 9.80 Å². The summed E-state index contributed by atoms with van der Waals surface area (Å²) in [6.07, 6.45) is 0.336. The highest BCUT2D eigenvalue weighted by Gasteiger charge is 2.43. The zero-order chi connectivity index (χ0) is 20.6. The Kier molecular flexibility index (Phi) is 5.12. The molecule has 2 amide bonds. The molecule has 3 heterocycles. The van der Waals surface area contributed by atoms with Gasteiger partial charge >= 0.3 is 0 Å². The Morgan fingerprint density at radius 1 is 1.14 bits per heavy atom. The summed E-state index contributed by atoms with van der Waals surface area (Å²) in [4.78, 5) is 31.5. The smallest absolute Gasteiger partial charge is 0.237 e. The lowest BCUT2D eigenvalue weighted by Crippen LogP contribution is -2.49. The number of benzene rings is 1.